The van der Waals surface area contributed by atoms with Gasteiger partial charge in [0.15, 0.2) is 11.5 Å². The second kappa shape index (κ2) is 11.0. The zero-order valence-electron chi connectivity index (χ0n) is 20.5. The zero-order valence-corrected chi connectivity index (χ0v) is 21.3. The number of ether oxygens (including phenoxy) is 3. The number of carbonyl (C=O) groups is 1. The molecule has 0 fully saturated rings. The third kappa shape index (κ3) is 5.39. The Labute approximate surface area is 211 Å². The maximum atomic E-state index is 13.1. The van der Waals surface area contributed by atoms with Gasteiger partial charge in [-0.2, -0.15) is 0 Å². The number of nitrogens with one attached hydrogen (secondary N) is 1. The summed E-state index contributed by atoms with van der Waals surface area (Å²) in [6, 6.07) is 19.0. The van der Waals surface area contributed by atoms with E-state index in [0.717, 1.165) is 30.8 Å². The van der Waals surface area contributed by atoms with Crippen molar-refractivity contribution in [1.82, 2.24) is 10.2 Å². The minimum atomic E-state index is -0.200. The summed E-state index contributed by atoms with van der Waals surface area (Å²) in [5.41, 5.74) is 3.95. The van der Waals surface area contributed by atoms with E-state index < -0.39 is 0 Å². The highest BCUT2D eigenvalue weighted by molar-refractivity contribution is 6.33. The molecule has 0 saturated carbocycles. The molecular weight excluding hydrogens is 464 g/mol. The Morgan fingerprint density at radius 3 is 2.37 bits per heavy atom. The molecule has 1 amide bonds. The number of methoxy groups -OCH3 is 3. The lowest BCUT2D eigenvalue weighted by atomic mass is 9.87. The number of fused-ring (bicyclic) bond motifs is 1. The molecule has 6 nitrogen and oxygen atoms in total. The van der Waals surface area contributed by atoms with Crippen LogP contribution in [0.3, 0.4) is 0 Å². The van der Waals surface area contributed by atoms with Crippen LogP contribution >= 0.6 is 11.6 Å². The molecular formula is C28H31ClN2O4. The Morgan fingerprint density at radius 1 is 1.03 bits per heavy atom. The lowest BCUT2D eigenvalue weighted by Crippen LogP contribution is -2.47. The Bertz CT molecular complexity index is 1180. The van der Waals surface area contributed by atoms with Gasteiger partial charge in [-0.05, 0) is 66.4 Å². The highest BCUT2D eigenvalue weighted by atomic mass is 35.5. The molecule has 1 aliphatic heterocycles. The van der Waals surface area contributed by atoms with Crippen molar-refractivity contribution < 1.29 is 19.0 Å². The maximum absolute atomic E-state index is 13.1. The number of nitrogens with zero attached hydrogens (tertiary/aromatic N) is 1. The van der Waals surface area contributed by atoms with Crippen molar-refractivity contribution >= 4 is 17.5 Å². The van der Waals surface area contributed by atoms with Crippen molar-refractivity contribution in [1.29, 1.82) is 0 Å². The van der Waals surface area contributed by atoms with Crippen molar-refractivity contribution in [2.75, 3.05) is 27.9 Å². The van der Waals surface area contributed by atoms with Crippen molar-refractivity contribution in [3.63, 3.8) is 0 Å². The number of rotatable bonds is 8. The van der Waals surface area contributed by atoms with Crippen LogP contribution in [0.25, 0.3) is 0 Å². The number of hydrogen-bond donors (Lipinski definition) is 1. The van der Waals surface area contributed by atoms with Crippen molar-refractivity contribution in [2.24, 2.45) is 0 Å². The van der Waals surface area contributed by atoms with Crippen LogP contribution in [0.2, 0.25) is 5.02 Å². The SMILES string of the molecule is COc1ccc(CN2CCc3cc(OC)c(OC)cc3[C@H]2[C@@H](C)NC(=O)c2ccccc2Cl)cc1. The number of amides is 1. The topological polar surface area (TPSA) is 60.0 Å². The van der Waals surface area contributed by atoms with Gasteiger partial charge in [0, 0.05) is 19.1 Å². The molecule has 35 heavy (non-hydrogen) atoms. The van der Waals surface area contributed by atoms with E-state index in [1.165, 1.54) is 11.1 Å². The molecule has 0 aliphatic carbocycles. The van der Waals surface area contributed by atoms with Gasteiger partial charge < -0.3 is 19.5 Å². The van der Waals surface area contributed by atoms with Crippen LogP contribution in [0.4, 0.5) is 0 Å². The van der Waals surface area contributed by atoms with E-state index in [2.05, 4.69) is 28.4 Å². The first-order valence-corrected chi connectivity index (χ1v) is 12.0. The fourth-order valence-electron chi connectivity index (χ4n) is 4.77. The smallest absolute Gasteiger partial charge is 0.253 e. The molecule has 0 unspecified atom stereocenters. The van der Waals surface area contributed by atoms with Crippen molar-refractivity contribution in [3.8, 4) is 17.2 Å². The van der Waals surface area contributed by atoms with Gasteiger partial charge in [-0.15, -0.1) is 0 Å². The van der Waals surface area contributed by atoms with Gasteiger partial charge in [-0.25, -0.2) is 0 Å². The molecule has 1 aliphatic rings. The van der Waals surface area contributed by atoms with Crippen LogP contribution in [0.15, 0.2) is 60.7 Å². The fraction of sp³-hybridized carbons (Fsp3) is 0.321. The molecule has 7 heteroatoms. The van der Waals surface area contributed by atoms with E-state index in [0.29, 0.717) is 22.1 Å². The van der Waals surface area contributed by atoms with E-state index >= 15 is 0 Å². The molecule has 3 aromatic carbocycles. The zero-order chi connectivity index (χ0) is 24.9. The quantitative estimate of drug-likeness (QED) is 0.461. The minimum Gasteiger partial charge on any atom is -0.497 e. The Morgan fingerprint density at radius 2 is 1.71 bits per heavy atom. The molecule has 1 N–H and O–H groups in total. The van der Waals surface area contributed by atoms with E-state index in [1.807, 2.05) is 37.3 Å². The Kier molecular flexibility index (Phi) is 7.83. The van der Waals surface area contributed by atoms with E-state index in [9.17, 15) is 4.79 Å². The normalized spacial score (nSPS) is 16.2. The van der Waals surface area contributed by atoms with Crippen LogP contribution in [-0.4, -0.2) is 44.7 Å². The van der Waals surface area contributed by atoms with E-state index in [-0.39, 0.29) is 18.0 Å². The van der Waals surface area contributed by atoms with Gasteiger partial charge in [0.25, 0.3) is 5.91 Å². The largest absolute Gasteiger partial charge is 0.497 e. The first-order chi connectivity index (χ1) is 16.9. The number of halogens is 1. The average Bonchev–Trinajstić information content (AvgIpc) is 2.88. The maximum Gasteiger partial charge on any atom is 0.253 e. The molecule has 3 aromatic rings. The average molecular weight is 495 g/mol. The predicted octanol–water partition coefficient (Wildman–Crippen LogP) is 5.28. The van der Waals surface area contributed by atoms with E-state index in [1.54, 1.807) is 33.5 Å². The summed E-state index contributed by atoms with van der Waals surface area (Å²) in [7, 11) is 4.95. The summed E-state index contributed by atoms with van der Waals surface area (Å²) >= 11 is 6.29. The summed E-state index contributed by atoms with van der Waals surface area (Å²) in [6.07, 6.45) is 0.869. The molecule has 4 rings (SSSR count). The minimum absolute atomic E-state index is 0.0768. The summed E-state index contributed by atoms with van der Waals surface area (Å²) in [6.45, 7) is 3.60. The highest BCUT2D eigenvalue weighted by Crippen LogP contribution is 2.40. The van der Waals surface area contributed by atoms with Crippen LogP contribution in [0.1, 0.15) is 40.0 Å². The standard InChI is InChI=1S/C28H31ClN2O4/c1-18(30-28(32)22-7-5-6-8-24(22)29)27-23-16-26(35-4)25(34-3)15-20(23)13-14-31(27)17-19-9-11-21(33-2)12-10-19/h5-12,15-16,18,27H,13-14,17H2,1-4H3,(H,30,32)/t18-,27-/m1/s1. The van der Waals surface area contributed by atoms with Crippen LogP contribution in [0, 0.1) is 0 Å². The van der Waals surface area contributed by atoms with Gasteiger partial charge in [0.05, 0.1) is 38.0 Å². The molecule has 0 spiro atoms. The summed E-state index contributed by atoms with van der Waals surface area (Å²) in [4.78, 5) is 15.5. The molecule has 1 heterocycles. The van der Waals surface area contributed by atoms with Crippen LogP contribution in [0.5, 0.6) is 17.2 Å². The Hall–Kier alpha value is -3.22. The monoisotopic (exact) mass is 494 g/mol. The first-order valence-electron chi connectivity index (χ1n) is 11.6. The van der Waals surface area contributed by atoms with Gasteiger partial charge in [0.1, 0.15) is 5.75 Å². The predicted molar refractivity (Wildman–Crippen MR) is 138 cm³/mol. The molecule has 0 radical (unpaired) electrons. The van der Waals surface area contributed by atoms with Crippen LogP contribution < -0.4 is 19.5 Å². The van der Waals surface area contributed by atoms with Crippen LogP contribution in [-0.2, 0) is 13.0 Å². The lowest BCUT2D eigenvalue weighted by molar-refractivity contribution is 0.0877. The third-order valence-corrected chi connectivity index (χ3v) is 6.85. The molecule has 0 bridgehead atoms. The van der Waals surface area contributed by atoms with E-state index in [4.69, 9.17) is 25.8 Å². The first kappa shape index (κ1) is 24.9. The van der Waals surface area contributed by atoms with Crippen molar-refractivity contribution in [2.45, 2.75) is 32.0 Å². The molecule has 0 saturated heterocycles. The molecule has 0 aromatic heterocycles. The summed E-state index contributed by atoms with van der Waals surface area (Å²) in [5.74, 6) is 2.01. The van der Waals surface area contributed by atoms with Gasteiger partial charge in [0.2, 0.25) is 0 Å². The van der Waals surface area contributed by atoms with Gasteiger partial charge in [-0.3, -0.25) is 9.69 Å². The second-order valence-corrected chi connectivity index (χ2v) is 9.07. The molecule has 184 valence electrons. The van der Waals surface area contributed by atoms with Gasteiger partial charge in [-0.1, -0.05) is 35.9 Å². The highest BCUT2D eigenvalue weighted by Gasteiger charge is 2.34. The molecule has 2 atom stereocenters. The fourth-order valence-corrected chi connectivity index (χ4v) is 4.99. The number of benzene rings is 3. The third-order valence-electron chi connectivity index (χ3n) is 6.52. The van der Waals surface area contributed by atoms with Crippen molar-refractivity contribution in [3.05, 3.63) is 87.9 Å². The summed E-state index contributed by atoms with van der Waals surface area (Å²) < 4.78 is 16.5. The number of hydrogen-bond acceptors (Lipinski definition) is 5. The Balaban J connectivity index is 1.68. The number of carbonyl (C=O) groups excluding carboxylic acids is 1. The summed E-state index contributed by atoms with van der Waals surface area (Å²) in [5, 5.41) is 3.62. The van der Waals surface area contributed by atoms with Gasteiger partial charge >= 0.3 is 0 Å². The second-order valence-electron chi connectivity index (χ2n) is 8.66. The lowest BCUT2D eigenvalue weighted by Gasteiger charge is -2.41.